The minimum absolute atomic E-state index is 0.0929. The molecule has 0 radical (unpaired) electrons. The first-order chi connectivity index (χ1) is 7.65. The van der Waals surface area contributed by atoms with Crippen LogP contribution in [-0.2, 0) is 17.6 Å². The van der Waals surface area contributed by atoms with E-state index in [1.165, 1.54) is 11.1 Å². The van der Waals surface area contributed by atoms with Crippen molar-refractivity contribution in [2.24, 2.45) is 11.7 Å². The maximum atomic E-state index is 6.52. The maximum Gasteiger partial charge on any atom is 0.0505 e. The summed E-state index contributed by atoms with van der Waals surface area (Å²) in [5.74, 6) is 0.408. The predicted molar refractivity (Wildman–Crippen MR) is 66.4 cm³/mol. The summed E-state index contributed by atoms with van der Waals surface area (Å²) in [7, 11) is 1.75. The van der Waals surface area contributed by atoms with Crippen molar-refractivity contribution < 1.29 is 4.74 Å². The van der Waals surface area contributed by atoms with Crippen molar-refractivity contribution in [3.05, 3.63) is 35.4 Å². The predicted octanol–water partition coefficient (Wildman–Crippen LogP) is 2.16. The van der Waals surface area contributed by atoms with Crippen LogP contribution in [-0.4, -0.2) is 19.3 Å². The van der Waals surface area contributed by atoms with Gasteiger partial charge in [0.25, 0.3) is 0 Å². The lowest BCUT2D eigenvalue weighted by molar-refractivity contribution is 0.108. The first-order valence-electron chi connectivity index (χ1n) is 6.00. The lowest BCUT2D eigenvalue weighted by Gasteiger charge is -2.39. The summed E-state index contributed by atoms with van der Waals surface area (Å²) in [4.78, 5) is 0. The molecule has 0 aromatic heterocycles. The molecule has 2 unspecified atom stereocenters. The van der Waals surface area contributed by atoms with Gasteiger partial charge >= 0.3 is 0 Å². The first kappa shape index (κ1) is 11.6. The first-order valence-corrected chi connectivity index (χ1v) is 6.00. The number of aryl methyl sites for hydroxylation is 1. The number of rotatable bonds is 3. The summed E-state index contributed by atoms with van der Waals surface area (Å²) in [6, 6.07) is 8.64. The molecule has 1 aliphatic rings. The topological polar surface area (TPSA) is 35.2 Å². The lowest BCUT2D eigenvalue weighted by atomic mass is 9.72. The molecule has 0 heterocycles. The molecule has 1 aromatic carbocycles. The quantitative estimate of drug-likeness (QED) is 0.845. The largest absolute Gasteiger partial charge is 0.384 e. The summed E-state index contributed by atoms with van der Waals surface area (Å²) in [6.45, 7) is 2.94. The van der Waals surface area contributed by atoms with Gasteiger partial charge < -0.3 is 10.5 Å². The minimum atomic E-state index is -0.0929. The highest BCUT2D eigenvalue weighted by Crippen LogP contribution is 2.32. The molecule has 0 saturated heterocycles. The Morgan fingerprint density at radius 2 is 2.06 bits per heavy atom. The SMILES string of the molecule is COCC(C)C1(N)CCc2ccccc2C1. The number of ether oxygens (including phenoxy) is 1. The van der Waals surface area contributed by atoms with Gasteiger partial charge in [0.2, 0.25) is 0 Å². The molecule has 0 bridgehead atoms. The zero-order valence-electron chi connectivity index (χ0n) is 10.2. The summed E-state index contributed by atoms with van der Waals surface area (Å²) in [6.07, 6.45) is 3.14. The van der Waals surface area contributed by atoms with Crippen molar-refractivity contribution >= 4 is 0 Å². The van der Waals surface area contributed by atoms with Gasteiger partial charge in [-0.1, -0.05) is 31.2 Å². The Morgan fingerprint density at radius 1 is 1.38 bits per heavy atom. The number of hydrogen-bond acceptors (Lipinski definition) is 2. The molecule has 0 aliphatic heterocycles. The highest BCUT2D eigenvalue weighted by Gasteiger charge is 2.35. The summed E-state index contributed by atoms with van der Waals surface area (Å²) in [5.41, 5.74) is 9.31. The second kappa shape index (κ2) is 4.56. The molecule has 0 amide bonds. The highest BCUT2D eigenvalue weighted by molar-refractivity contribution is 5.32. The molecule has 16 heavy (non-hydrogen) atoms. The third kappa shape index (κ3) is 2.13. The van der Waals surface area contributed by atoms with Crippen LogP contribution in [0.3, 0.4) is 0 Å². The van der Waals surface area contributed by atoms with Gasteiger partial charge in [0.1, 0.15) is 0 Å². The van der Waals surface area contributed by atoms with Crippen LogP contribution in [0, 0.1) is 5.92 Å². The van der Waals surface area contributed by atoms with Crippen LogP contribution in [0.5, 0.6) is 0 Å². The van der Waals surface area contributed by atoms with E-state index in [2.05, 4.69) is 31.2 Å². The van der Waals surface area contributed by atoms with Gasteiger partial charge in [-0.2, -0.15) is 0 Å². The van der Waals surface area contributed by atoms with E-state index in [0.29, 0.717) is 5.92 Å². The number of benzene rings is 1. The van der Waals surface area contributed by atoms with Crippen LogP contribution in [0.4, 0.5) is 0 Å². The second-order valence-corrected chi connectivity index (χ2v) is 5.04. The summed E-state index contributed by atoms with van der Waals surface area (Å²) < 4.78 is 5.23. The molecule has 0 fully saturated rings. The maximum absolute atomic E-state index is 6.52. The molecule has 2 rings (SSSR count). The molecular weight excluding hydrogens is 198 g/mol. The molecular formula is C14H21NO. The van der Waals surface area contributed by atoms with Crippen molar-refractivity contribution in [1.29, 1.82) is 0 Å². The fourth-order valence-electron chi connectivity index (χ4n) is 2.62. The van der Waals surface area contributed by atoms with Crippen LogP contribution >= 0.6 is 0 Å². The molecule has 1 aliphatic carbocycles. The average molecular weight is 219 g/mol. The summed E-state index contributed by atoms with van der Waals surface area (Å²) >= 11 is 0. The number of hydrogen-bond donors (Lipinski definition) is 1. The molecule has 2 N–H and O–H groups in total. The minimum Gasteiger partial charge on any atom is -0.384 e. The zero-order valence-corrected chi connectivity index (χ0v) is 10.2. The van der Waals surface area contributed by atoms with E-state index in [1.807, 2.05) is 0 Å². The monoisotopic (exact) mass is 219 g/mol. The third-order valence-electron chi connectivity index (χ3n) is 3.90. The average Bonchev–Trinajstić information content (AvgIpc) is 2.29. The van der Waals surface area contributed by atoms with E-state index < -0.39 is 0 Å². The standard InChI is InChI=1S/C14H21NO/c1-11(10-16-2)14(15)8-7-12-5-3-4-6-13(12)9-14/h3-6,11H,7-10,15H2,1-2H3. The van der Waals surface area contributed by atoms with Crippen LogP contribution in [0.1, 0.15) is 24.5 Å². The van der Waals surface area contributed by atoms with Gasteiger partial charge in [0.05, 0.1) is 6.61 Å². The third-order valence-corrected chi connectivity index (χ3v) is 3.90. The molecule has 2 nitrogen and oxygen atoms in total. The van der Waals surface area contributed by atoms with Crippen molar-refractivity contribution in [2.75, 3.05) is 13.7 Å². The van der Waals surface area contributed by atoms with E-state index in [4.69, 9.17) is 10.5 Å². The van der Waals surface area contributed by atoms with E-state index in [-0.39, 0.29) is 5.54 Å². The van der Waals surface area contributed by atoms with Crippen molar-refractivity contribution in [3.63, 3.8) is 0 Å². The van der Waals surface area contributed by atoms with Crippen LogP contribution in [0.2, 0.25) is 0 Å². The smallest absolute Gasteiger partial charge is 0.0505 e. The van der Waals surface area contributed by atoms with Gasteiger partial charge in [0, 0.05) is 12.6 Å². The molecule has 1 aromatic rings. The van der Waals surface area contributed by atoms with Crippen LogP contribution in [0.25, 0.3) is 0 Å². The number of nitrogens with two attached hydrogens (primary N) is 1. The van der Waals surface area contributed by atoms with E-state index >= 15 is 0 Å². The van der Waals surface area contributed by atoms with Crippen LogP contribution in [0.15, 0.2) is 24.3 Å². The van der Waals surface area contributed by atoms with Crippen LogP contribution < -0.4 is 5.73 Å². The van der Waals surface area contributed by atoms with E-state index in [0.717, 1.165) is 25.9 Å². The van der Waals surface area contributed by atoms with Gasteiger partial charge in [-0.25, -0.2) is 0 Å². The van der Waals surface area contributed by atoms with Crippen molar-refractivity contribution in [2.45, 2.75) is 31.7 Å². The van der Waals surface area contributed by atoms with Crippen molar-refractivity contribution in [3.8, 4) is 0 Å². The Bertz CT molecular complexity index is 364. The Hall–Kier alpha value is -0.860. The van der Waals surface area contributed by atoms with Gasteiger partial charge in [-0.15, -0.1) is 0 Å². The lowest BCUT2D eigenvalue weighted by Crippen LogP contribution is -2.51. The number of methoxy groups -OCH3 is 1. The Balaban J connectivity index is 2.17. The normalized spacial score (nSPS) is 26.2. The molecule has 0 saturated carbocycles. The molecule has 0 spiro atoms. The van der Waals surface area contributed by atoms with Gasteiger partial charge in [-0.05, 0) is 36.3 Å². The zero-order chi connectivity index (χ0) is 11.6. The van der Waals surface area contributed by atoms with Crippen molar-refractivity contribution in [1.82, 2.24) is 0 Å². The Morgan fingerprint density at radius 3 is 2.75 bits per heavy atom. The Labute approximate surface area is 97.8 Å². The number of fused-ring (bicyclic) bond motifs is 1. The molecule has 88 valence electrons. The summed E-state index contributed by atoms with van der Waals surface area (Å²) in [5, 5.41) is 0. The fraction of sp³-hybridized carbons (Fsp3) is 0.571. The van der Waals surface area contributed by atoms with Gasteiger partial charge in [0.15, 0.2) is 0 Å². The fourth-order valence-corrected chi connectivity index (χ4v) is 2.62. The highest BCUT2D eigenvalue weighted by atomic mass is 16.5. The van der Waals surface area contributed by atoms with E-state index in [9.17, 15) is 0 Å². The Kier molecular flexibility index (Phi) is 3.31. The second-order valence-electron chi connectivity index (χ2n) is 5.04. The molecule has 2 atom stereocenters. The van der Waals surface area contributed by atoms with Gasteiger partial charge in [-0.3, -0.25) is 0 Å². The molecule has 2 heteroatoms. The van der Waals surface area contributed by atoms with E-state index in [1.54, 1.807) is 7.11 Å².